The average Bonchev–Trinajstić information content (AvgIpc) is 3.16. The van der Waals surface area contributed by atoms with Crippen LogP contribution in [0.25, 0.3) is 10.2 Å². The molecule has 3 heterocycles. The summed E-state index contributed by atoms with van der Waals surface area (Å²) in [4.78, 5) is 14.7. The highest BCUT2D eigenvalue weighted by Gasteiger charge is 2.31. The summed E-state index contributed by atoms with van der Waals surface area (Å²) < 4.78 is 40.8. The highest BCUT2D eigenvalue weighted by Crippen LogP contribution is 2.41. The van der Waals surface area contributed by atoms with Gasteiger partial charge in [-0.25, -0.2) is 22.8 Å². The molecular weight excluding hydrogens is 459 g/mol. The van der Waals surface area contributed by atoms with Crippen molar-refractivity contribution in [1.82, 2.24) is 14.3 Å². The molecule has 0 saturated carbocycles. The second-order valence-electron chi connectivity index (χ2n) is 9.09. The van der Waals surface area contributed by atoms with Crippen molar-refractivity contribution in [2.75, 3.05) is 31.1 Å². The molecule has 0 amide bonds. The number of benzene rings is 1. The van der Waals surface area contributed by atoms with Gasteiger partial charge < -0.3 is 4.90 Å². The second kappa shape index (κ2) is 8.92. The maximum atomic E-state index is 13.3. The minimum absolute atomic E-state index is 0.132. The molecule has 176 valence electrons. The van der Waals surface area contributed by atoms with Crippen LogP contribution in [0.2, 0.25) is 0 Å². The summed E-state index contributed by atoms with van der Waals surface area (Å²) in [6.45, 7) is 6.32. The van der Waals surface area contributed by atoms with E-state index in [-0.39, 0.29) is 4.90 Å². The summed E-state index contributed by atoms with van der Waals surface area (Å²) in [6.07, 6.45) is 5.15. The monoisotopic (exact) mass is 488 g/mol. The van der Waals surface area contributed by atoms with E-state index in [4.69, 9.17) is 9.97 Å². The molecule has 1 saturated heterocycles. The number of hydrogen-bond acceptors (Lipinski definition) is 6. The molecule has 2 aliphatic rings. The van der Waals surface area contributed by atoms with Gasteiger partial charge in [0.25, 0.3) is 0 Å². The number of thiophene rings is 1. The number of piperazine rings is 1. The molecule has 1 fully saturated rings. The molecule has 0 spiro atoms. The van der Waals surface area contributed by atoms with Crippen molar-refractivity contribution in [3.05, 3.63) is 46.3 Å². The number of hydrogen-bond donors (Lipinski definition) is 0. The summed E-state index contributed by atoms with van der Waals surface area (Å²) >= 11 is 1.81. The molecule has 1 atom stereocenters. The lowest BCUT2D eigenvalue weighted by Crippen LogP contribution is -2.49. The smallest absolute Gasteiger partial charge is 0.243 e. The van der Waals surface area contributed by atoms with Gasteiger partial charge in [0.15, 0.2) is 0 Å². The molecule has 1 aromatic carbocycles. The van der Waals surface area contributed by atoms with Crippen LogP contribution in [0, 0.1) is 11.7 Å². The third kappa shape index (κ3) is 4.26. The van der Waals surface area contributed by atoms with Crippen molar-refractivity contribution >= 4 is 37.4 Å². The van der Waals surface area contributed by atoms with Crippen LogP contribution in [0.5, 0.6) is 0 Å². The van der Waals surface area contributed by atoms with Gasteiger partial charge in [0.1, 0.15) is 22.3 Å². The maximum absolute atomic E-state index is 13.3. The fraction of sp³-hybridized carbons (Fsp3) is 0.500. The van der Waals surface area contributed by atoms with Crippen molar-refractivity contribution in [2.24, 2.45) is 5.92 Å². The van der Waals surface area contributed by atoms with Gasteiger partial charge in [0, 0.05) is 37.5 Å². The van der Waals surface area contributed by atoms with E-state index in [2.05, 4.69) is 18.7 Å². The number of aromatic nitrogens is 2. The number of rotatable bonds is 5. The van der Waals surface area contributed by atoms with Crippen molar-refractivity contribution < 1.29 is 12.8 Å². The highest BCUT2D eigenvalue weighted by molar-refractivity contribution is 7.89. The fourth-order valence-electron chi connectivity index (χ4n) is 4.83. The van der Waals surface area contributed by atoms with Crippen molar-refractivity contribution in [3.63, 3.8) is 0 Å². The number of fused-ring (bicyclic) bond motifs is 3. The Morgan fingerprint density at radius 3 is 2.55 bits per heavy atom. The lowest BCUT2D eigenvalue weighted by molar-refractivity contribution is 0.384. The minimum atomic E-state index is -3.64. The quantitative estimate of drug-likeness (QED) is 0.532. The first-order valence-corrected chi connectivity index (χ1v) is 13.9. The Labute approximate surface area is 198 Å². The van der Waals surface area contributed by atoms with Gasteiger partial charge in [0.2, 0.25) is 10.0 Å². The molecule has 1 aliphatic heterocycles. The Balaban J connectivity index is 1.45. The Bertz CT molecular complexity index is 1270. The first-order chi connectivity index (χ1) is 15.9. The van der Waals surface area contributed by atoms with Gasteiger partial charge in [-0.2, -0.15) is 4.31 Å². The summed E-state index contributed by atoms with van der Waals surface area (Å²) in [6, 6.07) is 5.05. The van der Waals surface area contributed by atoms with E-state index >= 15 is 0 Å². The second-order valence-corrected chi connectivity index (χ2v) is 12.1. The number of halogens is 1. The van der Waals surface area contributed by atoms with E-state index in [9.17, 15) is 12.8 Å². The van der Waals surface area contributed by atoms with Gasteiger partial charge in [-0.15, -0.1) is 11.3 Å². The molecule has 6 nitrogen and oxygen atoms in total. The van der Waals surface area contributed by atoms with Gasteiger partial charge in [-0.05, 0) is 61.4 Å². The van der Waals surface area contributed by atoms with E-state index in [1.54, 1.807) is 0 Å². The van der Waals surface area contributed by atoms with E-state index in [1.807, 2.05) is 11.3 Å². The van der Waals surface area contributed by atoms with Crippen LogP contribution < -0.4 is 4.90 Å². The van der Waals surface area contributed by atoms with E-state index in [1.165, 1.54) is 50.8 Å². The van der Waals surface area contributed by atoms with Gasteiger partial charge in [-0.3, -0.25) is 0 Å². The number of anilines is 1. The summed E-state index contributed by atoms with van der Waals surface area (Å²) in [5.41, 5.74) is 1.40. The van der Waals surface area contributed by atoms with Crippen LogP contribution >= 0.6 is 11.3 Å². The predicted octanol–water partition coefficient (Wildman–Crippen LogP) is 4.42. The van der Waals surface area contributed by atoms with Crippen LogP contribution in [0.15, 0.2) is 29.2 Å². The first-order valence-electron chi connectivity index (χ1n) is 11.7. The Kier molecular flexibility index (Phi) is 6.13. The molecule has 0 radical (unpaired) electrons. The van der Waals surface area contributed by atoms with Gasteiger partial charge >= 0.3 is 0 Å². The zero-order chi connectivity index (χ0) is 23.2. The van der Waals surface area contributed by atoms with Crippen molar-refractivity contribution in [3.8, 4) is 0 Å². The van der Waals surface area contributed by atoms with E-state index in [0.29, 0.717) is 32.1 Å². The number of aryl methyl sites for hydroxylation is 2. The fourth-order valence-corrected chi connectivity index (χ4v) is 7.64. The normalized spacial score (nSPS) is 19.7. The van der Waals surface area contributed by atoms with Crippen LogP contribution in [0.3, 0.4) is 0 Å². The van der Waals surface area contributed by atoms with Gasteiger partial charge in [0.05, 0.1) is 10.3 Å². The number of nitrogens with zero attached hydrogens (tertiary/aromatic N) is 4. The van der Waals surface area contributed by atoms with Crippen LogP contribution in [-0.4, -0.2) is 48.9 Å². The van der Waals surface area contributed by atoms with Crippen molar-refractivity contribution in [2.45, 2.75) is 50.8 Å². The molecule has 1 aliphatic carbocycles. The number of sulfonamides is 1. The topological polar surface area (TPSA) is 66.4 Å². The lowest BCUT2D eigenvalue weighted by atomic mass is 9.89. The minimum Gasteiger partial charge on any atom is -0.353 e. The standard InChI is InChI=1S/C24H29FN4O2S2/c1-3-4-21-26-23(22-19-10-5-16(2)15-20(19)32-24(22)27-21)28-11-13-29(14-12-28)33(30,31)18-8-6-17(25)7-9-18/h6-9,16H,3-5,10-15H2,1-2H3/t16-/m1/s1. The third-order valence-corrected chi connectivity index (χ3v) is 9.71. The molecule has 9 heteroatoms. The lowest BCUT2D eigenvalue weighted by Gasteiger charge is -2.35. The molecule has 0 N–H and O–H groups in total. The van der Waals surface area contributed by atoms with Crippen LogP contribution in [0.4, 0.5) is 10.2 Å². The molecule has 2 aromatic heterocycles. The summed E-state index contributed by atoms with van der Waals surface area (Å²) in [7, 11) is -3.64. The highest BCUT2D eigenvalue weighted by atomic mass is 32.2. The Morgan fingerprint density at radius 2 is 1.85 bits per heavy atom. The Hall–Kier alpha value is -2.10. The van der Waals surface area contributed by atoms with Gasteiger partial charge in [-0.1, -0.05) is 13.8 Å². The predicted molar refractivity (Wildman–Crippen MR) is 130 cm³/mol. The molecule has 5 rings (SSSR count). The van der Waals surface area contributed by atoms with E-state index < -0.39 is 15.8 Å². The largest absolute Gasteiger partial charge is 0.353 e. The van der Waals surface area contributed by atoms with Crippen molar-refractivity contribution in [1.29, 1.82) is 0 Å². The average molecular weight is 489 g/mol. The van der Waals surface area contributed by atoms with Crippen LogP contribution in [-0.2, 0) is 29.3 Å². The Morgan fingerprint density at radius 1 is 1.12 bits per heavy atom. The molecule has 3 aromatic rings. The van der Waals surface area contributed by atoms with E-state index in [0.717, 1.165) is 42.2 Å². The summed E-state index contributed by atoms with van der Waals surface area (Å²) in [5, 5.41) is 1.18. The zero-order valence-electron chi connectivity index (χ0n) is 19.1. The molecule has 33 heavy (non-hydrogen) atoms. The zero-order valence-corrected chi connectivity index (χ0v) is 20.7. The molecular formula is C24H29FN4O2S2. The van der Waals surface area contributed by atoms with Crippen LogP contribution in [0.1, 0.15) is 43.0 Å². The summed E-state index contributed by atoms with van der Waals surface area (Å²) in [5.74, 6) is 2.09. The SMILES string of the molecule is CCCc1nc(N2CCN(S(=O)(=O)c3ccc(F)cc3)CC2)c2c3c(sc2n1)C[C@H](C)CC3. The first kappa shape index (κ1) is 22.7. The maximum Gasteiger partial charge on any atom is 0.243 e. The third-order valence-electron chi connectivity index (χ3n) is 6.65. The molecule has 0 bridgehead atoms. The molecule has 0 unspecified atom stereocenters.